The molecule has 1 aliphatic carbocycles. The number of nitrogens with one attached hydrogen (secondary N) is 1. The third-order valence-corrected chi connectivity index (χ3v) is 5.78. The van der Waals surface area contributed by atoms with Crippen molar-refractivity contribution in [2.75, 3.05) is 6.54 Å². The molecule has 0 saturated heterocycles. The monoisotopic (exact) mass is 370 g/mol. The minimum absolute atomic E-state index is 0. The van der Waals surface area contributed by atoms with E-state index in [1.54, 1.807) is 0 Å². The summed E-state index contributed by atoms with van der Waals surface area (Å²) < 4.78 is 40.0. The standard InChI is InChI=1S/C14H20ClFN2O2S.ClH/c15-12-9-11(16)5-6-13(12)21(19,20)18-10-14(17)7-3-1-2-4-8-14;/h5-6,9,18H,1-4,7-8,10,17H2;1H. The van der Waals surface area contributed by atoms with Crippen molar-refractivity contribution in [3.63, 3.8) is 0 Å². The zero-order valence-electron chi connectivity index (χ0n) is 12.1. The minimum Gasteiger partial charge on any atom is -0.324 e. The Hall–Kier alpha value is -0.400. The van der Waals surface area contributed by atoms with Crippen molar-refractivity contribution in [3.05, 3.63) is 29.0 Å². The highest BCUT2D eigenvalue weighted by molar-refractivity contribution is 7.89. The molecule has 1 aromatic rings. The summed E-state index contributed by atoms with van der Waals surface area (Å²) in [6.45, 7) is 0.170. The van der Waals surface area contributed by atoms with Crippen molar-refractivity contribution in [2.45, 2.75) is 49.0 Å². The highest BCUT2D eigenvalue weighted by Crippen LogP contribution is 2.26. The molecule has 1 saturated carbocycles. The van der Waals surface area contributed by atoms with Gasteiger partial charge >= 0.3 is 0 Å². The maximum atomic E-state index is 13.0. The van der Waals surface area contributed by atoms with Gasteiger partial charge in [0.15, 0.2) is 0 Å². The van der Waals surface area contributed by atoms with E-state index in [1.165, 1.54) is 0 Å². The van der Waals surface area contributed by atoms with Gasteiger partial charge in [-0.05, 0) is 31.0 Å². The lowest BCUT2D eigenvalue weighted by Gasteiger charge is -2.28. The molecule has 0 bridgehead atoms. The molecular weight excluding hydrogens is 350 g/mol. The van der Waals surface area contributed by atoms with Crippen LogP contribution in [0.4, 0.5) is 4.39 Å². The van der Waals surface area contributed by atoms with Crippen LogP contribution in [0, 0.1) is 5.82 Å². The molecule has 0 atom stereocenters. The summed E-state index contributed by atoms with van der Waals surface area (Å²) in [6.07, 6.45) is 5.88. The van der Waals surface area contributed by atoms with E-state index in [0.29, 0.717) is 0 Å². The Bertz CT molecular complexity index is 603. The fraction of sp³-hybridized carbons (Fsp3) is 0.571. The second-order valence-electron chi connectivity index (χ2n) is 5.68. The van der Waals surface area contributed by atoms with Gasteiger partial charge in [-0.1, -0.05) is 37.3 Å². The Balaban J connectivity index is 0.00000242. The summed E-state index contributed by atoms with van der Waals surface area (Å²) in [7, 11) is -3.79. The van der Waals surface area contributed by atoms with Crippen LogP contribution in [0.15, 0.2) is 23.1 Å². The molecule has 8 heteroatoms. The van der Waals surface area contributed by atoms with Gasteiger partial charge < -0.3 is 5.73 Å². The second-order valence-corrected chi connectivity index (χ2v) is 7.82. The molecule has 1 aromatic carbocycles. The number of rotatable bonds is 4. The Morgan fingerprint density at radius 1 is 1.23 bits per heavy atom. The molecule has 0 heterocycles. The number of nitrogens with two attached hydrogens (primary N) is 1. The predicted octanol–water partition coefficient (Wildman–Crippen LogP) is 3.23. The summed E-state index contributed by atoms with van der Waals surface area (Å²) in [5, 5.41) is -0.130. The van der Waals surface area contributed by atoms with Gasteiger partial charge in [-0.2, -0.15) is 0 Å². The maximum Gasteiger partial charge on any atom is 0.242 e. The predicted molar refractivity (Wildman–Crippen MR) is 88.5 cm³/mol. The average molecular weight is 371 g/mol. The van der Waals surface area contributed by atoms with Crippen LogP contribution in [0.3, 0.4) is 0 Å². The molecule has 0 radical (unpaired) electrons. The summed E-state index contributed by atoms with van der Waals surface area (Å²) in [5.74, 6) is -0.571. The van der Waals surface area contributed by atoms with Crippen LogP contribution in [-0.4, -0.2) is 20.5 Å². The molecule has 2 rings (SSSR count). The molecule has 4 nitrogen and oxygen atoms in total. The maximum absolute atomic E-state index is 13.0. The second kappa shape index (κ2) is 7.93. The summed E-state index contributed by atoms with van der Waals surface area (Å²) >= 11 is 5.81. The van der Waals surface area contributed by atoms with Crippen molar-refractivity contribution in [1.29, 1.82) is 0 Å². The molecule has 0 amide bonds. The van der Waals surface area contributed by atoms with Crippen LogP contribution in [0.5, 0.6) is 0 Å². The molecule has 0 spiro atoms. The highest BCUT2D eigenvalue weighted by Gasteiger charge is 2.29. The summed E-state index contributed by atoms with van der Waals surface area (Å²) in [4.78, 5) is -0.122. The molecule has 126 valence electrons. The zero-order chi connectivity index (χ0) is 15.5. The quantitative estimate of drug-likeness (QED) is 0.799. The Morgan fingerprint density at radius 2 is 1.82 bits per heavy atom. The van der Waals surface area contributed by atoms with Gasteiger partial charge in [-0.15, -0.1) is 12.4 Å². The van der Waals surface area contributed by atoms with Gasteiger partial charge in [0.05, 0.1) is 5.02 Å². The lowest BCUT2D eigenvalue weighted by molar-refractivity contribution is 0.369. The van der Waals surface area contributed by atoms with Gasteiger partial charge in [-0.25, -0.2) is 17.5 Å². The van der Waals surface area contributed by atoms with Crippen molar-refractivity contribution < 1.29 is 12.8 Å². The SMILES string of the molecule is Cl.NC1(CNS(=O)(=O)c2ccc(F)cc2Cl)CCCCCC1. The van der Waals surface area contributed by atoms with Crippen molar-refractivity contribution in [2.24, 2.45) is 5.73 Å². The van der Waals surface area contributed by atoms with Crippen LogP contribution in [-0.2, 0) is 10.0 Å². The van der Waals surface area contributed by atoms with Crippen LogP contribution in [0.2, 0.25) is 5.02 Å². The smallest absolute Gasteiger partial charge is 0.242 e. The minimum atomic E-state index is -3.79. The fourth-order valence-electron chi connectivity index (χ4n) is 2.62. The molecule has 3 N–H and O–H groups in total. The van der Waals surface area contributed by atoms with E-state index < -0.39 is 21.4 Å². The van der Waals surface area contributed by atoms with E-state index in [0.717, 1.165) is 56.7 Å². The lowest BCUT2D eigenvalue weighted by Crippen LogP contribution is -2.49. The number of benzene rings is 1. The van der Waals surface area contributed by atoms with Crippen LogP contribution in [0.25, 0.3) is 0 Å². The number of sulfonamides is 1. The van der Waals surface area contributed by atoms with Crippen molar-refractivity contribution >= 4 is 34.0 Å². The Kier molecular flexibility index (Phi) is 7.08. The van der Waals surface area contributed by atoms with Gasteiger partial charge in [0, 0.05) is 12.1 Å². The topological polar surface area (TPSA) is 72.2 Å². The number of hydrogen-bond acceptors (Lipinski definition) is 3. The number of halogens is 3. The molecule has 0 unspecified atom stereocenters. The summed E-state index contributed by atoms with van der Waals surface area (Å²) in [6, 6.07) is 3.22. The van der Waals surface area contributed by atoms with E-state index in [9.17, 15) is 12.8 Å². The van der Waals surface area contributed by atoms with Crippen LogP contribution in [0.1, 0.15) is 38.5 Å². The number of hydrogen-bond donors (Lipinski definition) is 2. The average Bonchev–Trinajstić information content (AvgIpc) is 2.62. The van der Waals surface area contributed by atoms with E-state index in [1.807, 2.05) is 0 Å². The first-order chi connectivity index (χ1) is 9.82. The molecule has 1 aliphatic rings. The fourth-order valence-corrected chi connectivity index (χ4v) is 4.29. The third kappa shape index (κ3) is 5.06. The van der Waals surface area contributed by atoms with Gasteiger partial charge in [0.2, 0.25) is 10.0 Å². The first-order valence-electron chi connectivity index (χ1n) is 7.06. The normalized spacial score (nSPS) is 18.3. The molecule has 0 aromatic heterocycles. The van der Waals surface area contributed by atoms with E-state index in [2.05, 4.69) is 4.72 Å². The molecular formula is C14H21Cl2FN2O2S. The van der Waals surface area contributed by atoms with Gasteiger partial charge in [-0.3, -0.25) is 0 Å². The zero-order valence-corrected chi connectivity index (χ0v) is 14.5. The highest BCUT2D eigenvalue weighted by atomic mass is 35.5. The lowest BCUT2D eigenvalue weighted by atomic mass is 9.92. The Morgan fingerprint density at radius 3 is 2.36 bits per heavy atom. The van der Waals surface area contributed by atoms with Gasteiger partial charge in [0.1, 0.15) is 10.7 Å². The molecule has 22 heavy (non-hydrogen) atoms. The van der Waals surface area contributed by atoms with E-state index in [4.69, 9.17) is 17.3 Å². The first-order valence-corrected chi connectivity index (χ1v) is 8.92. The summed E-state index contributed by atoms with van der Waals surface area (Å²) in [5.41, 5.74) is 5.77. The van der Waals surface area contributed by atoms with E-state index in [-0.39, 0.29) is 28.9 Å². The van der Waals surface area contributed by atoms with Crippen molar-refractivity contribution in [1.82, 2.24) is 4.72 Å². The van der Waals surface area contributed by atoms with Crippen LogP contribution < -0.4 is 10.5 Å². The Labute approximate surface area is 142 Å². The van der Waals surface area contributed by atoms with E-state index >= 15 is 0 Å². The molecule has 0 aliphatic heterocycles. The molecule has 1 fully saturated rings. The van der Waals surface area contributed by atoms with Gasteiger partial charge in [0.25, 0.3) is 0 Å². The third-order valence-electron chi connectivity index (χ3n) is 3.90. The van der Waals surface area contributed by atoms with Crippen LogP contribution >= 0.6 is 24.0 Å². The first kappa shape index (κ1) is 19.6. The van der Waals surface area contributed by atoms with Crippen molar-refractivity contribution in [3.8, 4) is 0 Å². The largest absolute Gasteiger partial charge is 0.324 e.